The number of nitrogens with zero attached hydrogens (tertiary/aromatic N) is 3. The number of aromatic nitrogens is 4. The molecule has 44 heavy (non-hydrogen) atoms. The first kappa shape index (κ1) is 66.1. The van der Waals surface area contributed by atoms with E-state index in [1.54, 1.807) is 96.9 Å². The van der Waals surface area contributed by atoms with Gasteiger partial charge in [-0.3, -0.25) is 5.10 Å². The molecule has 2 aromatic heterocycles. The van der Waals surface area contributed by atoms with E-state index in [2.05, 4.69) is 20.4 Å². The quantitative estimate of drug-likeness (QED) is 0.362. The average molecular weight is 701 g/mol. The summed E-state index contributed by atoms with van der Waals surface area (Å²) < 4.78 is 0. The van der Waals surface area contributed by atoms with Crippen molar-refractivity contribution in [2.45, 2.75) is 167 Å². The van der Waals surface area contributed by atoms with Gasteiger partial charge >= 0.3 is 43.4 Å². The summed E-state index contributed by atoms with van der Waals surface area (Å²) in [5.74, 6) is 0. The van der Waals surface area contributed by atoms with E-state index in [1.807, 2.05) is 39.8 Å². The van der Waals surface area contributed by atoms with Crippen LogP contribution in [-0.2, 0) is 43.4 Å². The predicted octanol–water partition coefficient (Wildman–Crippen LogP) is -0.0371. The molecule has 0 saturated carbocycles. The van der Waals surface area contributed by atoms with Gasteiger partial charge in [-0.25, -0.2) is 0 Å². The van der Waals surface area contributed by atoms with Gasteiger partial charge in [0.2, 0.25) is 0 Å². The molecule has 2 heterocycles. The van der Waals surface area contributed by atoms with E-state index in [4.69, 9.17) is 0 Å². The Hall–Kier alpha value is -0.431. The fraction of sp³-hybridized carbons (Fsp3) is 0.806. The van der Waals surface area contributed by atoms with Crippen molar-refractivity contribution in [2.75, 3.05) is 0 Å². The Labute approximate surface area is 300 Å². The molecule has 0 aliphatic carbocycles. The third-order valence-corrected chi connectivity index (χ3v) is 1.62. The number of aryl methyl sites for hydroxylation is 4. The second-order valence-electron chi connectivity index (χ2n) is 10.7. The van der Waals surface area contributed by atoms with Crippen molar-refractivity contribution < 1.29 is 79.2 Å². The smallest absolute Gasteiger partial charge is 0.852 e. The summed E-state index contributed by atoms with van der Waals surface area (Å²) in [4.78, 5) is 0. The Kier molecular flexibility index (Phi) is 74.2. The van der Waals surface area contributed by atoms with Crippen molar-refractivity contribution in [3.05, 3.63) is 34.9 Å². The summed E-state index contributed by atoms with van der Waals surface area (Å²) in [5.41, 5.74) is 4.17. The largest absolute Gasteiger partial charge is 4.00 e. The number of hydrogen-bond acceptors (Lipinski definition) is 9. The molecule has 0 amide bonds. The maximum Gasteiger partial charge on any atom is 4.00 e. The van der Waals surface area contributed by atoms with Crippen LogP contribution in [0.4, 0.5) is 0 Å². The molecular formula is C31H64N4O7Ti2. The molecule has 0 unspecified atom stereocenters. The number of hydrogen-bond donors (Lipinski definition) is 1. The van der Waals surface area contributed by atoms with Gasteiger partial charge in [-0.05, 0) is 26.8 Å². The van der Waals surface area contributed by atoms with Crippen LogP contribution in [0.15, 0.2) is 12.1 Å². The van der Waals surface area contributed by atoms with E-state index < -0.39 is 42.7 Å². The van der Waals surface area contributed by atoms with Gasteiger partial charge in [0.1, 0.15) is 0 Å². The SMILES string of the molecule is CC(C)[O-].CC(C)[O-].CC(C)[O-].CC(C)[O-].CC(C)[O-].CC(C)[O-].CC(C)[O-].Cc1cc(C)[n-]n1.Cc1cc(C)[nH]n1.[Ti+4].[Ti+4]. The van der Waals surface area contributed by atoms with Gasteiger partial charge in [0.25, 0.3) is 0 Å². The second-order valence-corrected chi connectivity index (χ2v) is 10.7. The zero-order valence-corrected chi connectivity index (χ0v) is 34.0. The van der Waals surface area contributed by atoms with Crippen LogP contribution < -0.4 is 40.8 Å². The molecule has 0 fully saturated rings. The average Bonchev–Trinajstić information content (AvgIpc) is 3.25. The standard InChI is InChI=1S/C5H8N2.C5H7N2.7C3H7O.2Ti/c2*1-4-3-5(2)7-6-4;7*1-3(2)4;;/h3H,1-2H3,(H,6,7);3H,1-2H3;7*3H,1-2H3;;/q;8*-1;2*+4. The first-order valence-electron chi connectivity index (χ1n) is 14.2. The van der Waals surface area contributed by atoms with Crippen molar-refractivity contribution in [2.24, 2.45) is 0 Å². The monoisotopic (exact) mass is 700 g/mol. The molecule has 11 nitrogen and oxygen atoms in total. The van der Waals surface area contributed by atoms with Crippen LogP contribution in [0.3, 0.4) is 0 Å². The second kappa shape index (κ2) is 49.4. The Morgan fingerprint density at radius 2 is 0.705 bits per heavy atom. The molecule has 0 aliphatic heterocycles. The van der Waals surface area contributed by atoms with E-state index in [0.29, 0.717) is 0 Å². The molecule has 0 aromatic carbocycles. The van der Waals surface area contributed by atoms with E-state index >= 15 is 0 Å². The fourth-order valence-corrected chi connectivity index (χ4v) is 1.07. The number of rotatable bonds is 0. The molecule has 258 valence electrons. The molecule has 0 aliphatic rings. The van der Waals surface area contributed by atoms with Crippen LogP contribution in [-0.4, -0.2) is 58.0 Å². The Morgan fingerprint density at radius 3 is 0.750 bits per heavy atom. The molecule has 2 aromatic rings. The van der Waals surface area contributed by atoms with Crippen LogP contribution in [0, 0.1) is 27.7 Å². The van der Waals surface area contributed by atoms with Crippen LogP contribution in [0.2, 0.25) is 0 Å². The van der Waals surface area contributed by atoms with Crippen LogP contribution in [0.25, 0.3) is 0 Å². The minimum Gasteiger partial charge on any atom is -0.852 e. The van der Waals surface area contributed by atoms with Crippen molar-refractivity contribution in [1.82, 2.24) is 20.4 Å². The zero-order valence-electron chi connectivity index (χ0n) is 30.9. The predicted molar refractivity (Wildman–Crippen MR) is 161 cm³/mol. The van der Waals surface area contributed by atoms with Gasteiger partial charge in [0, 0.05) is 11.4 Å². The zero-order chi connectivity index (χ0) is 35.6. The van der Waals surface area contributed by atoms with Crippen molar-refractivity contribution in [3.8, 4) is 0 Å². The minimum absolute atomic E-state index is 0. The Bertz CT molecular complexity index is 563. The van der Waals surface area contributed by atoms with Gasteiger partial charge < -0.3 is 45.9 Å². The fourth-order valence-electron chi connectivity index (χ4n) is 1.07. The molecule has 1 N–H and O–H groups in total. The van der Waals surface area contributed by atoms with E-state index in [1.165, 1.54) is 0 Å². The van der Waals surface area contributed by atoms with Gasteiger partial charge in [-0.2, -0.15) is 5.10 Å². The molecule has 0 radical (unpaired) electrons. The van der Waals surface area contributed by atoms with Gasteiger partial charge in [0.05, 0.1) is 5.69 Å². The summed E-state index contributed by atoms with van der Waals surface area (Å²) in [5, 5.41) is 80.9. The Balaban J connectivity index is -0.0000000452. The molecule has 13 heteroatoms. The molecule has 0 spiro atoms. The minimum atomic E-state index is -0.417. The maximum absolute atomic E-state index is 9.53. The maximum atomic E-state index is 9.53. The van der Waals surface area contributed by atoms with Crippen molar-refractivity contribution in [3.63, 3.8) is 0 Å². The summed E-state index contributed by atoms with van der Waals surface area (Å²) in [6, 6.07) is 3.94. The first-order chi connectivity index (χ1) is 18.7. The van der Waals surface area contributed by atoms with Crippen LogP contribution in [0.1, 0.15) is 120 Å². The Morgan fingerprint density at radius 1 is 0.477 bits per heavy atom. The van der Waals surface area contributed by atoms with Crippen molar-refractivity contribution in [1.29, 1.82) is 0 Å². The van der Waals surface area contributed by atoms with Gasteiger partial charge in [0.15, 0.2) is 0 Å². The van der Waals surface area contributed by atoms with E-state index in [9.17, 15) is 35.7 Å². The van der Waals surface area contributed by atoms with E-state index in [-0.39, 0.29) is 43.4 Å². The van der Waals surface area contributed by atoms with Crippen molar-refractivity contribution >= 4 is 0 Å². The van der Waals surface area contributed by atoms with Crippen LogP contribution in [0.5, 0.6) is 0 Å². The third kappa shape index (κ3) is 222. The normalized spacial score (nSPS) is 8.73. The number of aromatic amines is 1. The van der Waals surface area contributed by atoms with E-state index in [0.717, 1.165) is 22.8 Å². The summed E-state index contributed by atoms with van der Waals surface area (Å²) in [7, 11) is 0. The molecular weight excluding hydrogens is 636 g/mol. The summed E-state index contributed by atoms with van der Waals surface area (Å²) in [6.45, 7) is 30.4. The van der Waals surface area contributed by atoms with Gasteiger partial charge in [-0.1, -0.05) is 110 Å². The first-order valence-corrected chi connectivity index (χ1v) is 14.2. The topological polar surface area (TPSA) is 217 Å². The van der Waals surface area contributed by atoms with Gasteiger partial charge in [-0.15, -0.1) is 48.4 Å². The number of H-pyrrole nitrogens is 1. The third-order valence-electron chi connectivity index (χ3n) is 1.62. The molecule has 0 atom stereocenters. The van der Waals surface area contributed by atoms with Crippen LogP contribution >= 0.6 is 0 Å². The molecule has 2 rings (SSSR count). The summed E-state index contributed by atoms with van der Waals surface area (Å²) in [6.07, 6.45) is -2.92. The summed E-state index contributed by atoms with van der Waals surface area (Å²) >= 11 is 0. The molecule has 0 bridgehead atoms. The molecule has 0 saturated heterocycles. The number of nitrogens with one attached hydrogen (secondary N) is 1.